The molecule has 4 heteroatoms. The lowest BCUT2D eigenvalue weighted by atomic mass is 10.1. The van der Waals surface area contributed by atoms with Gasteiger partial charge in [-0.1, -0.05) is 0 Å². The number of carbonyl (C=O) groups is 1. The molecule has 86 valence electrons. The van der Waals surface area contributed by atoms with Crippen LogP contribution in [-0.4, -0.2) is 35.9 Å². The summed E-state index contributed by atoms with van der Waals surface area (Å²) in [6.07, 6.45) is 5.15. The van der Waals surface area contributed by atoms with Gasteiger partial charge in [-0.15, -0.1) is 0 Å². The first-order valence-electron chi connectivity index (χ1n) is 5.75. The van der Waals surface area contributed by atoms with E-state index in [1.54, 1.807) is 19.3 Å². The molecule has 1 fully saturated rings. The number of pyridine rings is 1. The van der Waals surface area contributed by atoms with Crippen LogP contribution in [0.5, 0.6) is 0 Å². The normalized spacial score (nSPS) is 15.9. The lowest BCUT2D eigenvalue weighted by Gasteiger charge is -2.27. The molecule has 1 aliphatic heterocycles. The molecule has 1 saturated heterocycles. The zero-order valence-corrected chi connectivity index (χ0v) is 9.57. The number of amides is 1. The maximum Gasteiger partial charge on any atom is 0.257 e. The second-order valence-electron chi connectivity index (χ2n) is 4.00. The Morgan fingerprint density at radius 2 is 2.12 bits per heavy atom. The fraction of sp³-hybridized carbons (Fsp3) is 0.500. The van der Waals surface area contributed by atoms with Gasteiger partial charge in [0.15, 0.2) is 0 Å². The average Bonchev–Trinajstić information content (AvgIpc) is 2.39. The van der Waals surface area contributed by atoms with E-state index < -0.39 is 0 Å². The van der Waals surface area contributed by atoms with E-state index in [1.807, 2.05) is 11.0 Å². The van der Waals surface area contributed by atoms with Gasteiger partial charge >= 0.3 is 0 Å². The van der Waals surface area contributed by atoms with E-state index in [0.717, 1.165) is 25.9 Å². The predicted molar refractivity (Wildman–Crippen MR) is 63.5 cm³/mol. The molecule has 1 N–H and O–H groups in total. The lowest BCUT2D eigenvalue weighted by molar-refractivity contribution is 0.0725. The number of rotatable bonds is 2. The van der Waals surface area contributed by atoms with Crippen molar-refractivity contribution >= 4 is 11.7 Å². The van der Waals surface area contributed by atoms with Crippen LogP contribution in [0.4, 0.5) is 5.82 Å². The molecule has 2 heterocycles. The smallest absolute Gasteiger partial charge is 0.257 e. The molecule has 0 aromatic carbocycles. The van der Waals surface area contributed by atoms with Crippen LogP contribution in [0.2, 0.25) is 0 Å². The van der Waals surface area contributed by atoms with Crippen molar-refractivity contribution < 1.29 is 4.79 Å². The summed E-state index contributed by atoms with van der Waals surface area (Å²) < 4.78 is 0. The van der Waals surface area contributed by atoms with Crippen molar-refractivity contribution in [3.05, 3.63) is 23.9 Å². The van der Waals surface area contributed by atoms with Crippen LogP contribution in [-0.2, 0) is 0 Å². The number of anilines is 1. The third-order valence-corrected chi connectivity index (χ3v) is 2.92. The van der Waals surface area contributed by atoms with Crippen molar-refractivity contribution in [2.45, 2.75) is 19.3 Å². The van der Waals surface area contributed by atoms with Gasteiger partial charge < -0.3 is 10.2 Å². The first-order chi connectivity index (χ1) is 7.83. The Morgan fingerprint density at radius 3 is 2.81 bits per heavy atom. The van der Waals surface area contributed by atoms with E-state index in [4.69, 9.17) is 0 Å². The average molecular weight is 219 g/mol. The molecule has 1 aromatic rings. The van der Waals surface area contributed by atoms with Crippen molar-refractivity contribution in [1.29, 1.82) is 0 Å². The number of hydrogen-bond donors (Lipinski definition) is 1. The number of carbonyl (C=O) groups excluding carboxylic acids is 1. The quantitative estimate of drug-likeness (QED) is 0.824. The fourth-order valence-corrected chi connectivity index (χ4v) is 2.04. The summed E-state index contributed by atoms with van der Waals surface area (Å²) in [5, 5.41) is 2.96. The van der Waals surface area contributed by atoms with Crippen LogP contribution < -0.4 is 5.32 Å². The Balaban J connectivity index is 2.19. The van der Waals surface area contributed by atoms with Gasteiger partial charge in [0, 0.05) is 26.3 Å². The van der Waals surface area contributed by atoms with Crippen molar-refractivity contribution in [3.63, 3.8) is 0 Å². The zero-order valence-electron chi connectivity index (χ0n) is 9.57. The second kappa shape index (κ2) is 4.96. The molecule has 0 bridgehead atoms. The molecule has 0 aliphatic carbocycles. The number of aromatic nitrogens is 1. The summed E-state index contributed by atoms with van der Waals surface area (Å²) in [6, 6.07) is 3.63. The molecule has 4 nitrogen and oxygen atoms in total. The Kier molecular flexibility index (Phi) is 3.39. The largest absolute Gasteiger partial charge is 0.372 e. The van der Waals surface area contributed by atoms with Gasteiger partial charge in [0.2, 0.25) is 0 Å². The molecule has 0 radical (unpaired) electrons. The maximum atomic E-state index is 12.2. The molecule has 1 aliphatic rings. The third-order valence-electron chi connectivity index (χ3n) is 2.92. The van der Waals surface area contributed by atoms with Gasteiger partial charge in [-0.3, -0.25) is 4.79 Å². The van der Waals surface area contributed by atoms with Gasteiger partial charge in [0.1, 0.15) is 5.82 Å². The molecule has 1 amide bonds. The highest BCUT2D eigenvalue weighted by Crippen LogP contribution is 2.17. The van der Waals surface area contributed by atoms with Crippen LogP contribution >= 0.6 is 0 Å². The number of hydrogen-bond acceptors (Lipinski definition) is 3. The van der Waals surface area contributed by atoms with Crippen LogP contribution in [0.25, 0.3) is 0 Å². The molecule has 0 saturated carbocycles. The van der Waals surface area contributed by atoms with Crippen LogP contribution in [0.3, 0.4) is 0 Å². The fourth-order valence-electron chi connectivity index (χ4n) is 2.04. The number of nitrogens with zero attached hydrogens (tertiary/aromatic N) is 2. The molecule has 2 rings (SSSR count). The lowest BCUT2D eigenvalue weighted by Crippen LogP contribution is -2.36. The first kappa shape index (κ1) is 10.9. The Hall–Kier alpha value is -1.58. The van der Waals surface area contributed by atoms with E-state index in [-0.39, 0.29) is 5.91 Å². The van der Waals surface area contributed by atoms with E-state index in [1.165, 1.54) is 6.42 Å². The van der Waals surface area contributed by atoms with Crippen LogP contribution in [0.15, 0.2) is 18.3 Å². The number of likely N-dealkylation sites (tertiary alicyclic amines) is 1. The molecule has 1 aromatic heterocycles. The number of piperidine rings is 1. The standard InChI is InChI=1S/C12H17N3O/c1-13-11-10(6-5-7-14-11)12(16)15-8-3-2-4-9-15/h5-7H,2-4,8-9H2,1H3,(H,13,14). The van der Waals surface area contributed by atoms with E-state index >= 15 is 0 Å². The van der Waals surface area contributed by atoms with Gasteiger partial charge in [-0.2, -0.15) is 0 Å². The Morgan fingerprint density at radius 1 is 1.38 bits per heavy atom. The van der Waals surface area contributed by atoms with Gasteiger partial charge in [-0.25, -0.2) is 4.98 Å². The summed E-state index contributed by atoms with van der Waals surface area (Å²) in [7, 11) is 1.79. The highest BCUT2D eigenvalue weighted by atomic mass is 16.2. The summed E-state index contributed by atoms with van der Waals surface area (Å²) in [5.74, 6) is 0.759. The van der Waals surface area contributed by atoms with Crippen molar-refractivity contribution in [1.82, 2.24) is 9.88 Å². The molecule has 0 atom stereocenters. The van der Waals surface area contributed by atoms with E-state index in [0.29, 0.717) is 11.4 Å². The maximum absolute atomic E-state index is 12.2. The monoisotopic (exact) mass is 219 g/mol. The summed E-state index contributed by atoms with van der Waals surface area (Å²) in [6.45, 7) is 1.74. The molecule has 0 spiro atoms. The van der Waals surface area contributed by atoms with Gasteiger partial charge in [0.05, 0.1) is 5.56 Å². The Labute approximate surface area is 95.7 Å². The first-order valence-corrected chi connectivity index (χ1v) is 5.75. The molecular formula is C12H17N3O. The second-order valence-corrected chi connectivity index (χ2v) is 4.00. The molecular weight excluding hydrogens is 202 g/mol. The van der Waals surface area contributed by atoms with Crippen LogP contribution in [0, 0.1) is 0 Å². The topological polar surface area (TPSA) is 45.2 Å². The minimum atomic E-state index is 0.0946. The SMILES string of the molecule is CNc1ncccc1C(=O)N1CCCCC1. The summed E-state index contributed by atoms with van der Waals surface area (Å²) >= 11 is 0. The predicted octanol–water partition coefficient (Wildman–Crippen LogP) is 1.75. The van der Waals surface area contributed by atoms with Gasteiger partial charge in [0.25, 0.3) is 5.91 Å². The molecule has 16 heavy (non-hydrogen) atoms. The number of nitrogens with one attached hydrogen (secondary N) is 1. The Bertz CT molecular complexity index is 372. The van der Waals surface area contributed by atoms with E-state index in [9.17, 15) is 4.79 Å². The molecule has 0 unspecified atom stereocenters. The van der Waals surface area contributed by atoms with E-state index in [2.05, 4.69) is 10.3 Å². The minimum Gasteiger partial charge on any atom is -0.372 e. The van der Waals surface area contributed by atoms with Crippen molar-refractivity contribution in [3.8, 4) is 0 Å². The van der Waals surface area contributed by atoms with Gasteiger partial charge in [-0.05, 0) is 31.4 Å². The van der Waals surface area contributed by atoms with Crippen molar-refractivity contribution in [2.24, 2.45) is 0 Å². The summed E-state index contributed by atoms with van der Waals surface area (Å²) in [4.78, 5) is 18.3. The highest BCUT2D eigenvalue weighted by Gasteiger charge is 2.20. The summed E-state index contributed by atoms with van der Waals surface area (Å²) in [5.41, 5.74) is 0.673. The third kappa shape index (κ3) is 2.15. The zero-order chi connectivity index (χ0) is 11.4. The highest BCUT2D eigenvalue weighted by molar-refractivity contribution is 5.98. The van der Waals surface area contributed by atoms with Crippen LogP contribution in [0.1, 0.15) is 29.6 Å². The van der Waals surface area contributed by atoms with Crippen molar-refractivity contribution in [2.75, 3.05) is 25.5 Å². The minimum absolute atomic E-state index is 0.0946.